The maximum absolute atomic E-state index is 5.71. The van der Waals surface area contributed by atoms with Crippen LogP contribution >= 0.6 is 27.5 Å². The Balaban J connectivity index is 2.82. The molecule has 0 bridgehead atoms. The van der Waals surface area contributed by atoms with Crippen LogP contribution in [-0.4, -0.2) is 34.2 Å². The molecule has 0 aromatic carbocycles. The SMILES string of the molecule is CCn1nc(C)c(Br)c1CN(C)CCCl. The van der Waals surface area contributed by atoms with Crippen molar-refractivity contribution in [2.24, 2.45) is 0 Å². The van der Waals surface area contributed by atoms with E-state index < -0.39 is 0 Å². The molecule has 0 aliphatic rings. The van der Waals surface area contributed by atoms with E-state index in [1.807, 2.05) is 11.6 Å². The fourth-order valence-electron chi connectivity index (χ4n) is 1.50. The van der Waals surface area contributed by atoms with Crippen molar-refractivity contribution in [3.63, 3.8) is 0 Å². The summed E-state index contributed by atoms with van der Waals surface area (Å²) in [5.41, 5.74) is 2.27. The van der Waals surface area contributed by atoms with Crippen LogP contribution in [-0.2, 0) is 13.1 Å². The van der Waals surface area contributed by atoms with Crippen LogP contribution in [0, 0.1) is 6.92 Å². The number of aromatic nitrogens is 2. The van der Waals surface area contributed by atoms with Crippen molar-refractivity contribution in [1.82, 2.24) is 14.7 Å². The summed E-state index contributed by atoms with van der Waals surface area (Å²) in [7, 11) is 2.07. The lowest BCUT2D eigenvalue weighted by atomic mass is 10.3. The van der Waals surface area contributed by atoms with Crippen LogP contribution in [0.2, 0.25) is 0 Å². The lowest BCUT2D eigenvalue weighted by Gasteiger charge is -2.15. The zero-order chi connectivity index (χ0) is 11.4. The molecule has 15 heavy (non-hydrogen) atoms. The van der Waals surface area contributed by atoms with E-state index in [0.717, 1.165) is 29.8 Å². The smallest absolute Gasteiger partial charge is 0.0739 e. The number of aryl methyl sites for hydroxylation is 2. The fraction of sp³-hybridized carbons (Fsp3) is 0.700. The predicted molar refractivity (Wildman–Crippen MR) is 67.4 cm³/mol. The lowest BCUT2D eigenvalue weighted by Crippen LogP contribution is -2.22. The van der Waals surface area contributed by atoms with Gasteiger partial charge >= 0.3 is 0 Å². The molecule has 3 nitrogen and oxygen atoms in total. The van der Waals surface area contributed by atoms with Crippen molar-refractivity contribution < 1.29 is 0 Å². The van der Waals surface area contributed by atoms with Crippen LogP contribution in [0.1, 0.15) is 18.3 Å². The molecule has 86 valence electrons. The Morgan fingerprint density at radius 2 is 2.20 bits per heavy atom. The summed E-state index contributed by atoms with van der Waals surface area (Å²) < 4.78 is 3.15. The minimum atomic E-state index is 0.660. The first-order valence-corrected chi connectivity index (χ1v) is 6.39. The zero-order valence-electron chi connectivity index (χ0n) is 9.43. The third kappa shape index (κ3) is 3.20. The van der Waals surface area contributed by atoms with Gasteiger partial charge in [0, 0.05) is 25.5 Å². The molecule has 5 heteroatoms. The highest BCUT2D eigenvalue weighted by atomic mass is 79.9. The highest BCUT2D eigenvalue weighted by Gasteiger charge is 2.13. The number of halogens is 2. The van der Waals surface area contributed by atoms with Gasteiger partial charge in [-0.15, -0.1) is 11.6 Å². The first kappa shape index (κ1) is 13.0. The molecular weight excluding hydrogens is 277 g/mol. The molecule has 0 atom stereocenters. The van der Waals surface area contributed by atoms with Gasteiger partial charge in [0.05, 0.1) is 15.9 Å². The molecule has 0 amide bonds. The molecule has 1 aromatic heterocycles. The Hall–Kier alpha value is -0.0600. The average molecular weight is 295 g/mol. The number of hydrogen-bond donors (Lipinski definition) is 0. The van der Waals surface area contributed by atoms with Gasteiger partial charge in [0.15, 0.2) is 0 Å². The second kappa shape index (κ2) is 5.87. The van der Waals surface area contributed by atoms with Crippen molar-refractivity contribution in [2.45, 2.75) is 26.9 Å². The van der Waals surface area contributed by atoms with Gasteiger partial charge in [-0.3, -0.25) is 9.58 Å². The van der Waals surface area contributed by atoms with Crippen molar-refractivity contribution in [3.05, 3.63) is 15.9 Å². The zero-order valence-corrected chi connectivity index (χ0v) is 11.8. The molecule has 0 radical (unpaired) electrons. The molecule has 1 heterocycles. The first-order valence-electron chi connectivity index (χ1n) is 5.06. The van der Waals surface area contributed by atoms with Crippen LogP contribution in [0.15, 0.2) is 4.47 Å². The first-order chi connectivity index (χ1) is 7.10. The molecular formula is C10H17BrClN3. The van der Waals surface area contributed by atoms with E-state index >= 15 is 0 Å². The molecule has 1 rings (SSSR count). The van der Waals surface area contributed by atoms with E-state index in [1.54, 1.807) is 0 Å². The molecule has 0 aliphatic carbocycles. The molecule has 0 unspecified atom stereocenters. The second-order valence-corrected chi connectivity index (χ2v) is 4.76. The van der Waals surface area contributed by atoms with E-state index in [2.05, 4.69) is 39.9 Å². The average Bonchev–Trinajstić information content (AvgIpc) is 2.46. The summed E-state index contributed by atoms with van der Waals surface area (Å²) in [4.78, 5) is 2.19. The van der Waals surface area contributed by atoms with Gasteiger partial charge in [-0.1, -0.05) is 0 Å². The van der Waals surface area contributed by atoms with E-state index in [4.69, 9.17) is 11.6 Å². The Morgan fingerprint density at radius 1 is 1.53 bits per heavy atom. The van der Waals surface area contributed by atoms with Gasteiger partial charge in [-0.05, 0) is 36.8 Å². The van der Waals surface area contributed by atoms with E-state index in [9.17, 15) is 0 Å². The number of hydrogen-bond acceptors (Lipinski definition) is 2. The topological polar surface area (TPSA) is 21.1 Å². The standard InChI is InChI=1S/C10H17BrClN3/c1-4-15-9(7-14(3)6-5-12)10(11)8(2)13-15/h4-7H2,1-3H3. The van der Waals surface area contributed by atoms with Crippen LogP contribution in [0.5, 0.6) is 0 Å². The molecule has 0 saturated heterocycles. The van der Waals surface area contributed by atoms with Gasteiger partial charge in [-0.25, -0.2) is 0 Å². The number of nitrogens with zero attached hydrogens (tertiary/aromatic N) is 3. The molecule has 0 N–H and O–H groups in total. The second-order valence-electron chi connectivity index (χ2n) is 3.59. The van der Waals surface area contributed by atoms with Crippen LogP contribution in [0.4, 0.5) is 0 Å². The predicted octanol–water partition coefficient (Wildman–Crippen LogP) is 2.64. The molecule has 0 fully saturated rings. The van der Waals surface area contributed by atoms with E-state index in [0.29, 0.717) is 5.88 Å². The third-order valence-corrected chi connectivity index (χ3v) is 3.54. The number of alkyl halides is 1. The molecule has 0 aliphatic heterocycles. The highest BCUT2D eigenvalue weighted by molar-refractivity contribution is 9.10. The summed E-state index contributed by atoms with van der Waals surface area (Å²) in [5.74, 6) is 0.660. The summed E-state index contributed by atoms with van der Waals surface area (Å²) in [6.07, 6.45) is 0. The summed E-state index contributed by atoms with van der Waals surface area (Å²) in [5, 5.41) is 4.45. The molecule has 0 spiro atoms. The van der Waals surface area contributed by atoms with Crippen molar-refractivity contribution in [1.29, 1.82) is 0 Å². The Kier molecular flexibility index (Phi) is 5.09. The lowest BCUT2D eigenvalue weighted by molar-refractivity contribution is 0.333. The molecule has 1 aromatic rings. The highest BCUT2D eigenvalue weighted by Crippen LogP contribution is 2.22. The normalized spacial score (nSPS) is 11.3. The van der Waals surface area contributed by atoms with Crippen molar-refractivity contribution >= 4 is 27.5 Å². The number of rotatable bonds is 5. The van der Waals surface area contributed by atoms with Crippen LogP contribution < -0.4 is 0 Å². The largest absolute Gasteiger partial charge is 0.299 e. The van der Waals surface area contributed by atoms with Gasteiger partial charge in [-0.2, -0.15) is 5.10 Å². The van der Waals surface area contributed by atoms with E-state index in [1.165, 1.54) is 5.69 Å². The van der Waals surface area contributed by atoms with Gasteiger partial charge < -0.3 is 0 Å². The van der Waals surface area contributed by atoms with Crippen LogP contribution in [0.25, 0.3) is 0 Å². The van der Waals surface area contributed by atoms with Gasteiger partial charge in [0.25, 0.3) is 0 Å². The minimum Gasteiger partial charge on any atom is -0.299 e. The van der Waals surface area contributed by atoms with E-state index in [-0.39, 0.29) is 0 Å². The third-order valence-electron chi connectivity index (χ3n) is 2.34. The Morgan fingerprint density at radius 3 is 2.73 bits per heavy atom. The summed E-state index contributed by atoms with van der Waals surface area (Å²) in [6.45, 7) is 6.78. The van der Waals surface area contributed by atoms with Gasteiger partial charge in [0.2, 0.25) is 0 Å². The minimum absolute atomic E-state index is 0.660. The summed E-state index contributed by atoms with van der Waals surface area (Å²) in [6, 6.07) is 0. The fourth-order valence-corrected chi connectivity index (χ4v) is 2.20. The van der Waals surface area contributed by atoms with Crippen LogP contribution in [0.3, 0.4) is 0 Å². The van der Waals surface area contributed by atoms with Crippen molar-refractivity contribution in [3.8, 4) is 0 Å². The summed E-state index contributed by atoms with van der Waals surface area (Å²) >= 11 is 9.28. The Bertz CT molecular complexity index is 325. The Labute approximate surface area is 105 Å². The molecule has 0 saturated carbocycles. The van der Waals surface area contributed by atoms with Crippen molar-refractivity contribution in [2.75, 3.05) is 19.5 Å². The maximum atomic E-state index is 5.71. The quantitative estimate of drug-likeness (QED) is 0.779. The maximum Gasteiger partial charge on any atom is 0.0739 e. The van der Waals surface area contributed by atoms with Gasteiger partial charge in [0.1, 0.15) is 0 Å². The monoisotopic (exact) mass is 293 g/mol.